The van der Waals surface area contributed by atoms with Gasteiger partial charge in [0.25, 0.3) is 0 Å². The number of rotatable bonds is 11. The molecule has 7 heteroatoms. The quantitative estimate of drug-likeness (QED) is 0.235. The number of halogens is 1. The van der Waals surface area contributed by atoms with Crippen molar-refractivity contribution in [3.63, 3.8) is 0 Å². The molecular weight excluding hydrogens is 451 g/mol. The van der Waals surface area contributed by atoms with Crippen molar-refractivity contribution in [3.8, 4) is 0 Å². The number of aliphatic hydroxyl groups excluding tert-OH is 2. The molecule has 0 spiro atoms. The van der Waals surface area contributed by atoms with Crippen LogP contribution in [0.1, 0.15) is 46.5 Å². The Morgan fingerprint density at radius 2 is 1.88 bits per heavy atom. The Hall–Kier alpha value is 0.0400. The molecular formula is C19H37IO6. The monoisotopic (exact) mass is 488 g/mol. The van der Waals surface area contributed by atoms with E-state index in [4.69, 9.17) is 14.6 Å². The van der Waals surface area contributed by atoms with Gasteiger partial charge in [-0.2, -0.15) is 0 Å². The van der Waals surface area contributed by atoms with Crippen molar-refractivity contribution < 1.29 is 29.6 Å². The molecule has 5 atom stereocenters. The van der Waals surface area contributed by atoms with E-state index in [1.165, 1.54) is 0 Å². The van der Waals surface area contributed by atoms with Crippen LogP contribution in [0.3, 0.4) is 0 Å². The summed E-state index contributed by atoms with van der Waals surface area (Å²) >= 11 is -0.973. The number of carboxylic acids is 1. The Kier molecular flexibility index (Phi) is 10.3. The SMILES string of the molecule is CC(C)C(C)(CI(C)C)OCC(O)COC(O)C1CCCC(C(=O)O)C1. The average Bonchev–Trinajstić information content (AvgIpc) is 2.57. The second kappa shape index (κ2) is 11.1. The average molecular weight is 488 g/mol. The first-order chi connectivity index (χ1) is 12.0. The molecule has 5 unspecified atom stereocenters. The zero-order valence-corrected chi connectivity index (χ0v) is 18.9. The first-order valence-electron chi connectivity index (χ1n) is 9.35. The van der Waals surface area contributed by atoms with Gasteiger partial charge < -0.3 is 5.11 Å². The third-order valence-electron chi connectivity index (χ3n) is 5.29. The maximum atomic E-state index is 11.1. The summed E-state index contributed by atoms with van der Waals surface area (Å²) in [6.45, 7) is 6.53. The van der Waals surface area contributed by atoms with E-state index in [0.29, 0.717) is 18.8 Å². The second-order valence-corrected chi connectivity index (χ2v) is 14.1. The number of hydrogen-bond acceptors (Lipinski definition) is 5. The maximum absolute atomic E-state index is 11.1. The predicted molar refractivity (Wildman–Crippen MR) is 111 cm³/mol. The van der Waals surface area contributed by atoms with Crippen molar-refractivity contribution in [2.45, 2.75) is 64.4 Å². The molecule has 3 N–H and O–H groups in total. The van der Waals surface area contributed by atoms with Gasteiger partial charge in [0.1, 0.15) is 0 Å². The topological polar surface area (TPSA) is 96.2 Å². The first-order valence-corrected chi connectivity index (χ1v) is 15.2. The van der Waals surface area contributed by atoms with Gasteiger partial charge in [0.05, 0.1) is 0 Å². The number of hydrogen-bond donors (Lipinski definition) is 3. The molecule has 0 bridgehead atoms. The van der Waals surface area contributed by atoms with Crippen molar-refractivity contribution >= 4 is 25.8 Å². The van der Waals surface area contributed by atoms with Crippen LogP contribution in [0, 0.1) is 17.8 Å². The van der Waals surface area contributed by atoms with Gasteiger partial charge in [0.2, 0.25) is 0 Å². The van der Waals surface area contributed by atoms with Crippen molar-refractivity contribution in [1.29, 1.82) is 0 Å². The number of alkyl halides is 3. The molecule has 1 aliphatic carbocycles. The van der Waals surface area contributed by atoms with Gasteiger partial charge in [-0.1, -0.05) is 0 Å². The Labute approximate surface area is 165 Å². The summed E-state index contributed by atoms with van der Waals surface area (Å²) in [5, 5.41) is 29.5. The summed E-state index contributed by atoms with van der Waals surface area (Å²) in [5.41, 5.74) is -0.244. The molecule has 0 radical (unpaired) electrons. The minimum atomic E-state index is -1.03. The molecule has 0 saturated heterocycles. The van der Waals surface area contributed by atoms with Crippen molar-refractivity contribution in [2.75, 3.05) is 27.5 Å². The van der Waals surface area contributed by atoms with E-state index in [0.717, 1.165) is 17.3 Å². The summed E-state index contributed by atoms with van der Waals surface area (Å²) < 4.78 is 12.5. The van der Waals surface area contributed by atoms with E-state index in [2.05, 4.69) is 30.6 Å². The molecule has 156 valence electrons. The van der Waals surface area contributed by atoms with E-state index in [-0.39, 0.29) is 24.7 Å². The molecule has 0 aromatic carbocycles. The van der Waals surface area contributed by atoms with E-state index in [1.807, 2.05) is 0 Å². The molecule has 1 fully saturated rings. The van der Waals surface area contributed by atoms with E-state index in [1.54, 1.807) is 0 Å². The molecule has 26 heavy (non-hydrogen) atoms. The summed E-state index contributed by atoms with van der Waals surface area (Å²) in [6, 6.07) is 0. The molecule has 1 aliphatic rings. The van der Waals surface area contributed by atoms with Gasteiger partial charge in [0, 0.05) is 0 Å². The fraction of sp³-hybridized carbons (Fsp3) is 0.947. The van der Waals surface area contributed by atoms with Gasteiger partial charge in [-0.3, -0.25) is 4.79 Å². The molecule has 0 heterocycles. The molecule has 1 rings (SSSR count). The van der Waals surface area contributed by atoms with E-state index < -0.39 is 44.1 Å². The van der Waals surface area contributed by atoms with Gasteiger partial charge in [0.15, 0.2) is 0 Å². The third kappa shape index (κ3) is 7.96. The Morgan fingerprint density at radius 1 is 1.23 bits per heavy atom. The van der Waals surface area contributed by atoms with Crippen molar-refractivity contribution in [3.05, 3.63) is 0 Å². The molecule has 1 saturated carbocycles. The number of aliphatic carboxylic acids is 1. The van der Waals surface area contributed by atoms with Crippen LogP contribution < -0.4 is 0 Å². The van der Waals surface area contributed by atoms with Crippen LogP contribution in [0.4, 0.5) is 0 Å². The second-order valence-electron chi connectivity index (χ2n) is 8.16. The van der Waals surface area contributed by atoms with E-state index in [9.17, 15) is 15.0 Å². The molecule has 0 aliphatic heterocycles. The zero-order chi connectivity index (χ0) is 19.9. The number of aliphatic hydroxyl groups is 2. The summed E-state index contributed by atoms with van der Waals surface area (Å²) in [7, 11) is 0. The Balaban J connectivity index is 2.40. The van der Waals surface area contributed by atoms with Crippen LogP contribution in [-0.4, -0.2) is 66.8 Å². The van der Waals surface area contributed by atoms with E-state index >= 15 is 0 Å². The predicted octanol–water partition coefficient (Wildman–Crippen LogP) is 2.77. The number of carbonyl (C=O) groups is 1. The van der Waals surface area contributed by atoms with Crippen LogP contribution >= 0.6 is 19.8 Å². The van der Waals surface area contributed by atoms with Crippen molar-refractivity contribution in [2.24, 2.45) is 17.8 Å². The van der Waals surface area contributed by atoms with Gasteiger partial charge in [-0.05, 0) is 0 Å². The summed E-state index contributed by atoms with van der Waals surface area (Å²) in [6.07, 6.45) is 0.768. The van der Waals surface area contributed by atoms with Crippen LogP contribution in [0.5, 0.6) is 0 Å². The van der Waals surface area contributed by atoms with Crippen LogP contribution in [0.25, 0.3) is 0 Å². The minimum absolute atomic E-state index is 0.00977. The summed E-state index contributed by atoms with van der Waals surface area (Å²) in [5.74, 6) is -1.05. The van der Waals surface area contributed by atoms with Crippen LogP contribution in [-0.2, 0) is 14.3 Å². The number of carboxylic acid groups (broad SMARTS) is 1. The zero-order valence-electron chi connectivity index (χ0n) is 16.8. The summed E-state index contributed by atoms with van der Waals surface area (Å²) in [4.78, 5) is 15.7. The van der Waals surface area contributed by atoms with Gasteiger partial charge in [-0.15, -0.1) is 0 Å². The third-order valence-corrected chi connectivity index (χ3v) is 8.33. The number of ether oxygens (including phenoxy) is 2. The fourth-order valence-electron chi connectivity index (χ4n) is 3.28. The van der Waals surface area contributed by atoms with Crippen LogP contribution in [0.2, 0.25) is 0 Å². The normalized spacial score (nSPS) is 26.2. The van der Waals surface area contributed by atoms with Crippen molar-refractivity contribution in [1.82, 2.24) is 0 Å². The molecule has 6 nitrogen and oxygen atoms in total. The standard InChI is InChI=1S/C19H37IO6/c1-13(2)19(3,12-20(4)5)26-11-16(21)10-25-18(24)15-8-6-7-14(9-15)17(22)23/h13-16,18,21,24H,6-12H2,1-5H3,(H,22,23). The van der Waals surface area contributed by atoms with Gasteiger partial charge >= 0.3 is 155 Å². The first kappa shape index (κ1) is 24.1. The van der Waals surface area contributed by atoms with Gasteiger partial charge in [-0.25, -0.2) is 0 Å². The van der Waals surface area contributed by atoms with Crippen LogP contribution in [0.15, 0.2) is 0 Å². The molecule has 0 aromatic heterocycles. The Morgan fingerprint density at radius 3 is 2.42 bits per heavy atom. The Bertz CT molecular complexity index is 430. The fourth-order valence-corrected chi connectivity index (χ4v) is 7.41. The molecule has 0 amide bonds. The molecule has 0 aromatic rings.